The first-order valence-electron chi connectivity index (χ1n) is 6.59. The van der Waals surface area contributed by atoms with Crippen molar-refractivity contribution in [2.75, 3.05) is 0 Å². The van der Waals surface area contributed by atoms with Crippen LogP contribution in [0, 0.1) is 12.7 Å². The molecule has 0 spiro atoms. The van der Waals surface area contributed by atoms with Gasteiger partial charge in [0.05, 0.1) is 10.4 Å². The highest BCUT2D eigenvalue weighted by atomic mass is 32.2. The largest absolute Gasteiger partial charge is 0.409 e. The molecule has 0 atom stereocenters. The average molecular weight is 315 g/mol. The minimum Gasteiger partial charge on any atom is -0.409 e. The summed E-state index contributed by atoms with van der Waals surface area (Å²) < 4.78 is 40.7. The molecule has 8 heteroatoms. The molecule has 1 aromatic rings. The maximum absolute atomic E-state index is 13.1. The number of aryl methyl sites for hydroxylation is 1. The summed E-state index contributed by atoms with van der Waals surface area (Å²) in [5.41, 5.74) is 4.90. The number of halogens is 1. The first-order valence-corrected chi connectivity index (χ1v) is 8.07. The lowest BCUT2D eigenvalue weighted by molar-refractivity contribution is 0.309. The minimum atomic E-state index is -3.89. The smallest absolute Gasteiger partial charge is 0.241 e. The summed E-state index contributed by atoms with van der Waals surface area (Å²) in [6.45, 7) is 1.52. The number of hydrogen-bond donors (Lipinski definition) is 3. The number of hydrogen-bond acceptors (Lipinski definition) is 4. The van der Waals surface area contributed by atoms with Crippen LogP contribution >= 0.6 is 0 Å². The summed E-state index contributed by atoms with van der Waals surface area (Å²) in [6.07, 6.45) is 2.48. The molecule has 116 valence electrons. The van der Waals surface area contributed by atoms with Gasteiger partial charge in [-0.2, -0.15) is 4.72 Å². The Hall–Kier alpha value is -1.67. The van der Waals surface area contributed by atoms with E-state index in [1.54, 1.807) is 0 Å². The van der Waals surface area contributed by atoms with Crippen LogP contribution < -0.4 is 10.5 Å². The molecule has 1 aliphatic rings. The van der Waals surface area contributed by atoms with E-state index in [-0.39, 0.29) is 10.7 Å². The van der Waals surface area contributed by atoms with E-state index in [1.807, 2.05) is 0 Å². The average Bonchev–Trinajstić information content (AvgIpc) is 2.86. The van der Waals surface area contributed by atoms with Crippen molar-refractivity contribution >= 4 is 15.9 Å². The molecule has 21 heavy (non-hydrogen) atoms. The van der Waals surface area contributed by atoms with Gasteiger partial charge < -0.3 is 10.9 Å². The van der Waals surface area contributed by atoms with E-state index in [2.05, 4.69) is 9.88 Å². The molecular weight excluding hydrogens is 297 g/mol. The van der Waals surface area contributed by atoms with Crippen LogP contribution in [0.25, 0.3) is 0 Å². The lowest BCUT2D eigenvalue weighted by Gasteiger charge is -2.28. The van der Waals surface area contributed by atoms with Crippen LogP contribution in [-0.2, 0) is 10.0 Å². The van der Waals surface area contributed by atoms with E-state index in [9.17, 15) is 12.8 Å². The first kappa shape index (κ1) is 15.7. The molecule has 1 fully saturated rings. The first-order chi connectivity index (χ1) is 9.81. The van der Waals surface area contributed by atoms with Gasteiger partial charge in [0.25, 0.3) is 0 Å². The van der Waals surface area contributed by atoms with Gasteiger partial charge in [0.15, 0.2) is 5.84 Å². The van der Waals surface area contributed by atoms with Gasteiger partial charge in [-0.1, -0.05) is 18.0 Å². The van der Waals surface area contributed by atoms with Gasteiger partial charge in [0, 0.05) is 0 Å². The number of nitrogens with two attached hydrogens (primary N) is 1. The summed E-state index contributed by atoms with van der Waals surface area (Å²) in [6, 6.07) is 3.45. The van der Waals surface area contributed by atoms with Gasteiger partial charge >= 0.3 is 0 Å². The highest BCUT2D eigenvalue weighted by Gasteiger charge is 2.42. The number of benzene rings is 1. The van der Waals surface area contributed by atoms with Gasteiger partial charge in [-0.25, -0.2) is 12.8 Å². The van der Waals surface area contributed by atoms with Crippen LogP contribution in [-0.4, -0.2) is 25.0 Å². The third-order valence-electron chi connectivity index (χ3n) is 3.81. The third-order valence-corrected chi connectivity index (χ3v) is 5.51. The zero-order chi connectivity index (χ0) is 15.7. The molecule has 4 N–H and O–H groups in total. The van der Waals surface area contributed by atoms with Crippen molar-refractivity contribution in [1.82, 2.24) is 4.72 Å². The topological polar surface area (TPSA) is 105 Å². The number of amidine groups is 1. The van der Waals surface area contributed by atoms with Crippen LogP contribution in [0.4, 0.5) is 4.39 Å². The van der Waals surface area contributed by atoms with Crippen molar-refractivity contribution < 1.29 is 18.0 Å². The highest BCUT2D eigenvalue weighted by Crippen LogP contribution is 2.32. The van der Waals surface area contributed by atoms with Crippen molar-refractivity contribution in [3.8, 4) is 0 Å². The summed E-state index contributed by atoms with van der Waals surface area (Å²) in [4.78, 5) is -0.0130. The summed E-state index contributed by atoms with van der Waals surface area (Å²) in [7, 11) is -3.89. The van der Waals surface area contributed by atoms with Crippen LogP contribution in [0.1, 0.15) is 31.2 Å². The molecule has 2 rings (SSSR count). The molecule has 1 aliphatic carbocycles. The van der Waals surface area contributed by atoms with E-state index in [4.69, 9.17) is 10.9 Å². The number of sulfonamides is 1. The summed E-state index contributed by atoms with van der Waals surface area (Å²) >= 11 is 0. The zero-order valence-electron chi connectivity index (χ0n) is 11.6. The Morgan fingerprint density at radius 1 is 1.43 bits per heavy atom. The molecule has 1 aromatic carbocycles. The van der Waals surface area contributed by atoms with Gasteiger partial charge in [-0.05, 0) is 43.5 Å². The normalized spacial score (nSPS) is 18.9. The van der Waals surface area contributed by atoms with Crippen LogP contribution in [0.5, 0.6) is 0 Å². The van der Waals surface area contributed by atoms with Gasteiger partial charge in [0.1, 0.15) is 5.82 Å². The maximum atomic E-state index is 13.1. The molecule has 0 aliphatic heterocycles. The zero-order valence-corrected chi connectivity index (χ0v) is 12.5. The molecule has 0 bridgehead atoms. The third kappa shape index (κ3) is 3.01. The number of nitrogens with one attached hydrogen (secondary N) is 1. The molecule has 1 saturated carbocycles. The predicted molar refractivity (Wildman–Crippen MR) is 76.1 cm³/mol. The molecule has 0 unspecified atom stereocenters. The van der Waals surface area contributed by atoms with E-state index in [1.165, 1.54) is 13.0 Å². The Balaban J connectivity index is 2.40. The Morgan fingerprint density at radius 2 is 2.05 bits per heavy atom. The van der Waals surface area contributed by atoms with Crippen molar-refractivity contribution in [1.29, 1.82) is 0 Å². The van der Waals surface area contributed by atoms with Crippen LogP contribution in [0.15, 0.2) is 28.3 Å². The fraction of sp³-hybridized carbons (Fsp3) is 0.462. The van der Waals surface area contributed by atoms with Gasteiger partial charge in [-0.15, -0.1) is 0 Å². The van der Waals surface area contributed by atoms with Crippen molar-refractivity contribution in [3.05, 3.63) is 29.6 Å². The predicted octanol–water partition coefficient (Wildman–Crippen LogP) is 1.47. The second kappa shape index (κ2) is 5.61. The molecule has 0 radical (unpaired) electrons. The van der Waals surface area contributed by atoms with E-state index in [0.29, 0.717) is 18.4 Å². The Kier molecular flexibility index (Phi) is 4.20. The van der Waals surface area contributed by atoms with Gasteiger partial charge in [0.2, 0.25) is 10.0 Å². The highest BCUT2D eigenvalue weighted by molar-refractivity contribution is 7.89. The summed E-state index contributed by atoms with van der Waals surface area (Å²) in [5, 5.41) is 11.9. The maximum Gasteiger partial charge on any atom is 0.241 e. The number of nitrogens with zero attached hydrogens (tertiary/aromatic N) is 1. The Bertz CT molecular complexity index is 667. The van der Waals surface area contributed by atoms with Crippen molar-refractivity contribution in [2.24, 2.45) is 10.9 Å². The van der Waals surface area contributed by atoms with E-state index in [0.717, 1.165) is 25.0 Å². The van der Waals surface area contributed by atoms with Crippen molar-refractivity contribution in [3.63, 3.8) is 0 Å². The Morgan fingerprint density at radius 3 is 2.57 bits per heavy atom. The van der Waals surface area contributed by atoms with E-state index >= 15 is 0 Å². The second-order valence-electron chi connectivity index (χ2n) is 5.29. The SMILES string of the molecule is Cc1cc(F)ccc1S(=O)(=O)NC1(/C(N)=N/O)CCCC1. The molecule has 6 nitrogen and oxygen atoms in total. The lowest BCUT2D eigenvalue weighted by atomic mass is 9.98. The van der Waals surface area contributed by atoms with Crippen molar-refractivity contribution in [2.45, 2.75) is 43.0 Å². The molecule has 0 amide bonds. The quantitative estimate of drug-likeness (QED) is 0.339. The number of oxime groups is 1. The fourth-order valence-corrected chi connectivity index (χ4v) is 4.37. The molecule has 0 saturated heterocycles. The monoisotopic (exact) mass is 315 g/mol. The standard InChI is InChI=1S/C13H18FN3O3S/c1-9-8-10(14)4-5-11(9)21(19,20)17-13(12(15)16-18)6-2-3-7-13/h4-5,8,17-18H,2-3,6-7H2,1H3,(H2,15,16). The molecular formula is C13H18FN3O3S. The summed E-state index contributed by atoms with van der Waals surface area (Å²) in [5.74, 6) is -0.651. The minimum absolute atomic E-state index is 0.0130. The van der Waals surface area contributed by atoms with E-state index < -0.39 is 21.4 Å². The molecule has 0 aromatic heterocycles. The van der Waals surface area contributed by atoms with Crippen LogP contribution in [0.2, 0.25) is 0 Å². The second-order valence-corrected chi connectivity index (χ2v) is 6.94. The Labute approximate surface area is 122 Å². The number of rotatable bonds is 4. The lowest BCUT2D eigenvalue weighted by Crippen LogP contribution is -2.55. The molecule has 0 heterocycles. The van der Waals surface area contributed by atoms with Crippen LogP contribution in [0.3, 0.4) is 0 Å². The van der Waals surface area contributed by atoms with Gasteiger partial charge in [-0.3, -0.25) is 0 Å². The fourth-order valence-electron chi connectivity index (χ4n) is 2.71.